The van der Waals surface area contributed by atoms with Crippen molar-refractivity contribution in [3.05, 3.63) is 0 Å². The molecule has 0 aliphatic carbocycles. The molecule has 3 unspecified atom stereocenters. The first kappa shape index (κ1) is 10.4. The Labute approximate surface area is 90.2 Å². The van der Waals surface area contributed by atoms with Gasteiger partial charge < -0.3 is 10.2 Å². The van der Waals surface area contributed by atoms with Gasteiger partial charge in [-0.15, -0.1) is 0 Å². The summed E-state index contributed by atoms with van der Waals surface area (Å²) >= 11 is 0. The molecular weight excluding hydrogens is 190 g/mol. The van der Waals surface area contributed by atoms with Gasteiger partial charge in [0.2, 0.25) is 5.91 Å². The van der Waals surface area contributed by atoms with Gasteiger partial charge >= 0.3 is 0 Å². The molecule has 0 aromatic heterocycles. The smallest absolute Gasteiger partial charge is 0.227 e. The molecule has 2 heterocycles. The van der Waals surface area contributed by atoms with Crippen molar-refractivity contribution in [1.82, 2.24) is 10.2 Å². The van der Waals surface area contributed by atoms with Crippen LogP contribution in [0.4, 0.5) is 0 Å². The molecule has 2 aliphatic heterocycles. The number of nitrogens with one attached hydrogen (secondary N) is 1. The lowest BCUT2D eigenvalue weighted by atomic mass is 9.88. The summed E-state index contributed by atoms with van der Waals surface area (Å²) in [5, 5.41) is 11.9. The topological polar surface area (TPSA) is 56.1 Å². The number of hydrogen-bond donors (Lipinski definition) is 1. The molecule has 1 amide bonds. The third-order valence-electron chi connectivity index (χ3n) is 3.55. The zero-order chi connectivity index (χ0) is 10.8. The maximum atomic E-state index is 12.0. The van der Waals surface area contributed by atoms with E-state index in [0.717, 1.165) is 12.8 Å². The van der Waals surface area contributed by atoms with E-state index >= 15 is 0 Å². The van der Waals surface area contributed by atoms with Crippen molar-refractivity contribution in [2.45, 2.75) is 37.8 Å². The first-order valence-corrected chi connectivity index (χ1v) is 5.60. The van der Waals surface area contributed by atoms with E-state index in [1.54, 1.807) is 11.9 Å². The molecule has 15 heavy (non-hydrogen) atoms. The average Bonchev–Trinajstić information content (AvgIpc) is 2.86. The first-order chi connectivity index (χ1) is 7.22. The van der Waals surface area contributed by atoms with Crippen LogP contribution in [0.3, 0.4) is 0 Å². The van der Waals surface area contributed by atoms with Crippen LogP contribution in [0.1, 0.15) is 25.7 Å². The van der Waals surface area contributed by atoms with Crippen LogP contribution in [0, 0.1) is 17.2 Å². The number of carbonyl (C=O) groups excluding carboxylic acids is 1. The Morgan fingerprint density at radius 3 is 2.93 bits per heavy atom. The Hall–Kier alpha value is -1.08. The fraction of sp³-hybridized carbons (Fsp3) is 0.818. The quantitative estimate of drug-likeness (QED) is 0.733. The van der Waals surface area contributed by atoms with Crippen LogP contribution in [0.2, 0.25) is 0 Å². The van der Waals surface area contributed by atoms with Crippen LogP contribution in [0.5, 0.6) is 0 Å². The molecule has 82 valence electrons. The van der Waals surface area contributed by atoms with E-state index in [4.69, 9.17) is 5.26 Å². The molecule has 0 aromatic rings. The Morgan fingerprint density at radius 1 is 1.60 bits per heavy atom. The van der Waals surface area contributed by atoms with E-state index in [0.29, 0.717) is 25.0 Å². The highest BCUT2D eigenvalue weighted by Gasteiger charge is 2.43. The normalized spacial score (nSPS) is 32.7. The number of nitrogens with zero attached hydrogens (tertiary/aromatic N) is 2. The maximum absolute atomic E-state index is 12.0. The summed E-state index contributed by atoms with van der Waals surface area (Å²) in [7, 11) is 1.80. The van der Waals surface area contributed by atoms with E-state index in [2.05, 4.69) is 11.4 Å². The highest BCUT2D eigenvalue weighted by Crippen LogP contribution is 2.34. The summed E-state index contributed by atoms with van der Waals surface area (Å²) in [6.45, 7) is 0.559. The van der Waals surface area contributed by atoms with Crippen LogP contribution < -0.4 is 5.32 Å². The lowest BCUT2D eigenvalue weighted by Crippen LogP contribution is -2.39. The van der Waals surface area contributed by atoms with Gasteiger partial charge in [-0.2, -0.15) is 5.26 Å². The Bertz CT molecular complexity index is 297. The Balaban J connectivity index is 1.88. The molecule has 2 fully saturated rings. The van der Waals surface area contributed by atoms with E-state index < -0.39 is 0 Å². The summed E-state index contributed by atoms with van der Waals surface area (Å²) in [5.41, 5.74) is 0. The zero-order valence-corrected chi connectivity index (χ0v) is 9.07. The molecule has 0 saturated carbocycles. The Kier molecular flexibility index (Phi) is 2.92. The predicted octanol–water partition coefficient (Wildman–Crippen LogP) is 0.499. The van der Waals surface area contributed by atoms with Crippen molar-refractivity contribution < 1.29 is 4.79 Å². The minimum Gasteiger partial charge on any atom is -0.344 e. The van der Waals surface area contributed by atoms with Crippen molar-refractivity contribution in [2.24, 2.45) is 5.92 Å². The molecule has 0 spiro atoms. The molecule has 3 atom stereocenters. The molecule has 0 aromatic carbocycles. The second-order valence-electron chi connectivity index (χ2n) is 4.56. The van der Waals surface area contributed by atoms with Gasteiger partial charge in [0.05, 0.1) is 18.4 Å². The lowest BCUT2D eigenvalue weighted by Gasteiger charge is -2.24. The second-order valence-corrected chi connectivity index (χ2v) is 4.56. The molecule has 2 rings (SSSR count). The molecular formula is C11H17N3O. The summed E-state index contributed by atoms with van der Waals surface area (Å²) < 4.78 is 0. The van der Waals surface area contributed by atoms with Gasteiger partial charge in [-0.1, -0.05) is 0 Å². The monoisotopic (exact) mass is 207 g/mol. The lowest BCUT2D eigenvalue weighted by molar-refractivity contribution is -0.134. The van der Waals surface area contributed by atoms with E-state index in [-0.39, 0.29) is 11.8 Å². The van der Waals surface area contributed by atoms with Gasteiger partial charge in [-0.3, -0.25) is 4.79 Å². The number of amides is 1. The molecule has 2 bridgehead atoms. The highest BCUT2D eigenvalue weighted by atomic mass is 16.2. The van der Waals surface area contributed by atoms with Crippen LogP contribution in [0.25, 0.3) is 0 Å². The number of hydrogen-bond acceptors (Lipinski definition) is 3. The number of nitriles is 1. The number of rotatable bonds is 3. The largest absolute Gasteiger partial charge is 0.344 e. The fourth-order valence-corrected chi connectivity index (χ4v) is 2.71. The van der Waals surface area contributed by atoms with Crippen molar-refractivity contribution >= 4 is 5.91 Å². The fourth-order valence-electron chi connectivity index (χ4n) is 2.71. The van der Waals surface area contributed by atoms with Gasteiger partial charge in [0.1, 0.15) is 0 Å². The molecule has 2 aliphatic rings. The number of fused-ring (bicyclic) bond motifs is 2. The number of carbonyl (C=O) groups is 1. The van der Waals surface area contributed by atoms with Gasteiger partial charge in [0.15, 0.2) is 0 Å². The Morgan fingerprint density at radius 2 is 2.40 bits per heavy atom. The summed E-state index contributed by atoms with van der Waals surface area (Å²) in [5.74, 6) is 0.373. The van der Waals surface area contributed by atoms with Crippen LogP contribution in [-0.4, -0.2) is 36.5 Å². The molecule has 4 nitrogen and oxygen atoms in total. The van der Waals surface area contributed by atoms with Gasteiger partial charge in [-0.25, -0.2) is 0 Å². The molecule has 4 heteroatoms. The van der Waals surface area contributed by atoms with Crippen LogP contribution in [-0.2, 0) is 4.79 Å². The maximum Gasteiger partial charge on any atom is 0.227 e. The average molecular weight is 207 g/mol. The van der Waals surface area contributed by atoms with Gasteiger partial charge in [0, 0.05) is 25.7 Å². The van der Waals surface area contributed by atoms with E-state index in [1.807, 2.05) is 0 Å². The van der Waals surface area contributed by atoms with Gasteiger partial charge in [-0.05, 0) is 19.3 Å². The van der Waals surface area contributed by atoms with Crippen LogP contribution >= 0.6 is 0 Å². The summed E-state index contributed by atoms with van der Waals surface area (Å²) in [6, 6.07) is 3.03. The highest BCUT2D eigenvalue weighted by molar-refractivity contribution is 5.80. The first-order valence-electron chi connectivity index (χ1n) is 5.60. The molecule has 1 N–H and O–H groups in total. The van der Waals surface area contributed by atoms with E-state index in [9.17, 15) is 4.79 Å². The van der Waals surface area contributed by atoms with Crippen LogP contribution in [0.15, 0.2) is 0 Å². The SMILES string of the molecule is CN(CCC#N)C(=O)C1CC2CCC1N2. The summed E-state index contributed by atoms with van der Waals surface area (Å²) in [6.07, 6.45) is 3.76. The third kappa shape index (κ3) is 1.98. The molecule has 2 saturated heterocycles. The van der Waals surface area contributed by atoms with Crippen molar-refractivity contribution in [3.8, 4) is 6.07 Å². The predicted molar refractivity (Wildman–Crippen MR) is 55.9 cm³/mol. The zero-order valence-electron chi connectivity index (χ0n) is 9.07. The van der Waals surface area contributed by atoms with Crippen molar-refractivity contribution in [1.29, 1.82) is 5.26 Å². The summed E-state index contributed by atoms with van der Waals surface area (Å²) in [4.78, 5) is 13.7. The minimum absolute atomic E-state index is 0.160. The van der Waals surface area contributed by atoms with E-state index in [1.165, 1.54) is 6.42 Å². The van der Waals surface area contributed by atoms with Crippen molar-refractivity contribution in [3.63, 3.8) is 0 Å². The molecule has 0 radical (unpaired) electrons. The minimum atomic E-state index is 0.160. The third-order valence-corrected chi connectivity index (χ3v) is 3.55. The second kappa shape index (κ2) is 4.19. The van der Waals surface area contributed by atoms with Gasteiger partial charge in [0.25, 0.3) is 0 Å². The van der Waals surface area contributed by atoms with Crippen molar-refractivity contribution in [2.75, 3.05) is 13.6 Å². The standard InChI is InChI=1S/C11H17N3O/c1-14(6-2-5-12)11(15)9-7-8-3-4-10(9)13-8/h8-10,13H,2-4,6-7H2,1H3.